The van der Waals surface area contributed by atoms with Gasteiger partial charge in [-0.05, 0) is 54.8 Å². The predicted octanol–water partition coefficient (Wildman–Crippen LogP) is 1.60. The summed E-state index contributed by atoms with van der Waals surface area (Å²) < 4.78 is 17.9. The summed E-state index contributed by atoms with van der Waals surface area (Å²) in [6.45, 7) is 0.562. The fraction of sp³-hybridized carbons (Fsp3) is 0.231. The van der Waals surface area contributed by atoms with Gasteiger partial charge in [0.2, 0.25) is 0 Å². The Bertz CT molecular complexity index is 1240. The van der Waals surface area contributed by atoms with E-state index in [0.717, 1.165) is 15.7 Å². The first-order chi connectivity index (χ1) is 16.9. The molecule has 0 radical (unpaired) electrons. The number of hydrogen-bond acceptors (Lipinski definition) is 6. The first-order valence-corrected chi connectivity index (χ1v) is 11.6. The summed E-state index contributed by atoms with van der Waals surface area (Å²) in [6.07, 6.45) is 0.857. The molecule has 3 aromatic carbocycles. The third-order valence-corrected chi connectivity index (χ3v) is 6.33. The number of carboxylic acids is 1. The number of carbonyl (C=O) groups is 2. The van der Waals surface area contributed by atoms with E-state index in [1.165, 1.54) is 6.07 Å². The van der Waals surface area contributed by atoms with E-state index in [-0.39, 0.29) is 47.1 Å². The van der Waals surface area contributed by atoms with Crippen molar-refractivity contribution in [2.45, 2.75) is 18.8 Å². The molecule has 0 spiro atoms. The number of carbonyl (C=O) groups excluding carboxylic acids is 2. The minimum Gasteiger partial charge on any atom is -0.549 e. The van der Waals surface area contributed by atoms with Crippen molar-refractivity contribution in [3.63, 3.8) is 0 Å². The number of para-hydroxylation sites is 1. The maximum atomic E-state index is 12.7. The zero-order valence-electron chi connectivity index (χ0n) is 19.8. The van der Waals surface area contributed by atoms with E-state index >= 15 is 0 Å². The number of methoxy groups -OCH3 is 1. The Labute approximate surface area is 241 Å². The molecule has 1 heterocycles. The molecule has 182 valence electrons. The molecule has 0 N–H and O–H groups in total. The fourth-order valence-electron chi connectivity index (χ4n) is 3.87. The van der Waals surface area contributed by atoms with Crippen molar-refractivity contribution in [3.05, 3.63) is 82.4 Å². The van der Waals surface area contributed by atoms with Gasteiger partial charge >= 0.3 is 29.6 Å². The van der Waals surface area contributed by atoms with Crippen LogP contribution in [0.1, 0.15) is 33.8 Å². The smallest absolute Gasteiger partial charge is 0.549 e. The molecule has 1 aliphatic heterocycles. The summed E-state index contributed by atoms with van der Waals surface area (Å²) in [5, 5.41) is 11.6. The second-order valence-corrected chi connectivity index (χ2v) is 8.72. The van der Waals surface area contributed by atoms with Gasteiger partial charge in [-0.15, -0.1) is 0 Å². The van der Waals surface area contributed by atoms with Gasteiger partial charge in [-0.2, -0.15) is 0 Å². The molecule has 10 heteroatoms. The van der Waals surface area contributed by atoms with Crippen LogP contribution in [0.25, 0.3) is 0 Å². The molecule has 0 aromatic heterocycles. The Kier molecular flexibility index (Phi) is 9.93. The molecule has 1 amide bonds. The SMILES string of the molecule is COc1ccccc1CCN(Cl)C(=O)c1ccc(Oc2cc3c(cc2Cl)C(C(=O)[O-])CCO3)cc1.[Na+]. The van der Waals surface area contributed by atoms with E-state index in [9.17, 15) is 14.7 Å². The summed E-state index contributed by atoms with van der Waals surface area (Å²) in [4.78, 5) is 24.1. The molecule has 1 atom stereocenters. The quantitative estimate of drug-likeness (QED) is 0.320. The summed E-state index contributed by atoms with van der Waals surface area (Å²) in [7, 11) is 1.60. The molecule has 0 saturated heterocycles. The molecule has 3 aromatic rings. The van der Waals surface area contributed by atoms with E-state index < -0.39 is 11.9 Å². The zero-order valence-corrected chi connectivity index (χ0v) is 23.3. The molecule has 0 saturated carbocycles. The average molecular weight is 538 g/mol. The summed E-state index contributed by atoms with van der Waals surface area (Å²) in [5.41, 5.74) is 1.81. The van der Waals surface area contributed by atoms with Gasteiger partial charge in [0.1, 0.15) is 23.0 Å². The number of rotatable bonds is 8. The first kappa shape index (κ1) is 28.2. The van der Waals surface area contributed by atoms with Crippen LogP contribution in [0.15, 0.2) is 60.7 Å². The number of amides is 1. The normalized spacial score (nSPS) is 14.0. The molecule has 4 rings (SSSR count). The topological polar surface area (TPSA) is 88.1 Å². The molecule has 1 aliphatic rings. The Balaban J connectivity index is 0.00000361. The monoisotopic (exact) mass is 537 g/mol. The van der Waals surface area contributed by atoms with Crippen LogP contribution in [0.5, 0.6) is 23.0 Å². The second kappa shape index (κ2) is 12.7. The summed E-state index contributed by atoms with van der Waals surface area (Å²) in [5.74, 6) is -0.419. The van der Waals surface area contributed by atoms with Crippen molar-refractivity contribution in [2.75, 3.05) is 20.3 Å². The zero-order chi connectivity index (χ0) is 24.9. The van der Waals surface area contributed by atoms with Crippen LogP contribution in [0.2, 0.25) is 5.02 Å². The molecule has 36 heavy (non-hydrogen) atoms. The standard InChI is InChI=1S/C26H23Cl2NO6.Na/c1-33-22-5-3-2-4-16(22)10-12-29(28)25(30)17-6-8-18(9-7-17)35-24-15-23-20(14-21(24)27)19(26(31)32)11-13-34-23;/h2-9,14-15,19H,10-13H2,1H3,(H,31,32);/q;+1/p-1. The van der Waals surface area contributed by atoms with Crippen molar-refractivity contribution >= 4 is 35.3 Å². The van der Waals surface area contributed by atoms with Gasteiger partial charge in [0.05, 0.1) is 18.7 Å². The number of ether oxygens (including phenoxy) is 3. The van der Waals surface area contributed by atoms with Crippen LogP contribution in [0.4, 0.5) is 0 Å². The molecule has 0 aliphatic carbocycles. The van der Waals surface area contributed by atoms with Crippen LogP contribution in [0, 0.1) is 0 Å². The molecule has 7 nitrogen and oxygen atoms in total. The number of nitrogens with zero attached hydrogens (tertiary/aromatic N) is 1. The maximum absolute atomic E-state index is 12.7. The van der Waals surface area contributed by atoms with Crippen LogP contribution in [-0.2, 0) is 11.2 Å². The number of benzene rings is 3. The Morgan fingerprint density at radius 3 is 2.53 bits per heavy atom. The third kappa shape index (κ3) is 6.47. The molecule has 0 fully saturated rings. The van der Waals surface area contributed by atoms with E-state index in [0.29, 0.717) is 47.8 Å². The number of halogens is 2. The predicted molar refractivity (Wildman–Crippen MR) is 129 cm³/mol. The number of fused-ring (bicyclic) bond motifs is 1. The van der Waals surface area contributed by atoms with Crippen LogP contribution >= 0.6 is 23.4 Å². The second-order valence-electron chi connectivity index (χ2n) is 7.91. The largest absolute Gasteiger partial charge is 1.00 e. The number of hydrogen-bond donors (Lipinski definition) is 0. The van der Waals surface area contributed by atoms with Crippen molar-refractivity contribution < 1.29 is 58.5 Å². The average Bonchev–Trinajstić information content (AvgIpc) is 2.87. The van der Waals surface area contributed by atoms with Crippen LogP contribution in [0.3, 0.4) is 0 Å². The Morgan fingerprint density at radius 1 is 1.11 bits per heavy atom. The van der Waals surface area contributed by atoms with Gasteiger partial charge in [0.25, 0.3) is 5.91 Å². The van der Waals surface area contributed by atoms with Crippen molar-refractivity contribution in [2.24, 2.45) is 0 Å². The molecule has 0 bridgehead atoms. The van der Waals surface area contributed by atoms with E-state index in [2.05, 4.69) is 0 Å². The van der Waals surface area contributed by atoms with E-state index in [1.807, 2.05) is 24.3 Å². The number of carboxylic acid groups (broad SMARTS) is 1. The summed E-state index contributed by atoms with van der Waals surface area (Å²) >= 11 is 12.6. The minimum absolute atomic E-state index is 0. The Hall–Kier alpha value is -2.42. The van der Waals surface area contributed by atoms with Gasteiger partial charge in [-0.25, -0.2) is 0 Å². The minimum atomic E-state index is -1.17. The van der Waals surface area contributed by atoms with E-state index in [1.54, 1.807) is 37.4 Å². The van der Waals surface area contributed by atoms with Gasteiger partial charge in [-0.1, -0.05) is 29.8 Å². The third-order valence-electron chi connectivity index (χ3n) is 5.71. The van der Waals surface area contributed by atoms with Gasteiger partial charge in [-0.3, -0.25) is 9.21 Å². The fourth-order valence-corrected chi connectivity index (χ4v) is 4.27. The van der Waals surface area contributed by atoms with E-state index in [4.69, 9.17) is 37.6 Å². The molecule has 1 unspecified atom stereocenters. The van der Waals surface area contributed by atoms with Crippen molar-refractivity contribution in [1.29, 1.82) is 0 Å². The van der Waals surface area contributed by atoms with Gasteiger partial charge < -0.3 is 24.1 Å². The van der Waals surface area contributed by atoms with Gasteiger partial charge in [0.15, 0.2) is 0 Å². The first-order valence-electron chi connectivity index (χ1n) is 10.9. The van der Waals surface area contributed by atoms with Gasteiger partial charge in [0, 0.05) is 47.4 Å². The molecular weight excluding hydrogens is 516 g/mol. The maximum Gasteiger partial charge on any atom is 1.00 e. The van der Waals surface area contributed by atoms with Crippen LogP contribution < -0.4 is 48.9 Å². The van der Waals surface area contributed by atoms with Crippen molar-refractivity contribution in [3.8, 4) is 23.0 Å². The van der Waals surface area contributed by atoms with Crippen molar-refractivity contribution in [1.82, 2.24) is 4.42 Å². The van der Waals surface area contributed by atoms with Crippen LogP contribution in [-0.4, -0.2) is 36.6 Å². The Morgan fingerprint density at radius 2 is 1.83 bits per heavy atom. The number of aliphatic carboxylic acids is 1. The molecular formula is C26H22Cl2NNaO6. The summed E-state index contributed by atoms with van der Waals surface area (Å²) in [6, 6.07) is 17.1.